The van der Waals surface area contributed by atoms with Crippen molar-refractivity contribution in [3.05, 3.63) is 71.8 Å². The molecule has 0 spiro atoms. The van der Waals surface area contributed by atoms with Crippen LogP contribution in [0, 0.1) is 0 Å². The van der Waals surface area contributed by atoms with Crippen LogP contribution in [-0.4, -0.2) is 24.5 Å². The molecule has 25 heavy (non-hydrogen) atoms. The third kappa shape index (κ3) is 6.10. The van der Waals surface area contributed by atoms with Crippen molar-refractivity contribution in [3.63, 3.8) is 0 Å². The van der Waals surface area contributed by atoms with Crippen molar-refractivity contribution in [2.75, 3.05) is 6.61 Å². The van der Waals surface area contributed by atoms with Crippen molar-refractivity contribution in [3.8, 4) is 0 Å². The molecule has 0 bridgehead atoms. The van der Waals surface area contributed by atoms with E-state index in [2.05, 4.69) is 5.32 Å². The Morgan fingerprint density at radius 3 is 2.12 bits per heavy atom. The molecule has 2 aromatic carbocycles. The first kappa shape index (κ1) is 18.2. The molecule has 1 N–H and O–H groups in total. The standard InChI is InChI=1S/C19H19NO5/c1-14(21)12-24-18(22)17(16-10-6-3-7-11-16)20-19(23)25-13-15-8-4-2-5-9-15/h2-11,17H,12-13H2,1H3,(H,20,23)/t17-/m1/s1. The number of ether oxygens (including phenoxy) is 2. The molecule has 0 saturated heterocycles. The number of carbonyl (C=O) groups excluding carboxylic acids is 3. The lowest BCUT2D eigenvalue weighted by Gasteiger charge is -2.17. The first-order valence-electron chi connectivity index (χ1n) is 7.74. The average molecular weight is 341 g/mol. The molecule has 2 aromatic rings. The smallest absolute Gasteiger partial charge is 0.408 e. The number of esters is 1. The molecule has 0 aliphatic heterocycles. The van der Waals surface area contributed by atoms with Gasteiger partial charge in [-0.25, -0.2) is 9.59 Å². The summed E-state index contributed by atoms with van der Waals surface area (Å²) in [6.45, 7) is 1.05. The van der Waals surface area contributed by atoms with Crippen molar-refractivity contribution in [2.24, 2.45) is 0 Å². The molecule has 0 unspecified atom stereocenters. The second kappa shape index (κ2) is 9.22. The summed E-state index contributed by atoms with van der Waals surface area (Å²) >= 11 is 0. The maximum atomic E-state index is 12.2. The molecule has 0 aliphatic rings. The molecule has 0 saturated carbocycles. The zero-order valence-electron chi connectivity index (χ0n) is 13.8. The van der Waals surface area contributed by atoms with E-state index in [1.807, 2.05) is 30.3 Å². The number of benzene rings is 2. The van der Waals surface area contributed by atoms with E-state index in [0.29, 0.717) is 5.56 Å². The molecule has 0 radical (unpaired) electrons. The van der Waals surface area contributed by atoms with Crippen LogP contribution in [0.2, 0.25) is 0 Å². The van der Waals surface area contributed by atoms with Gasteiger partial charge in [0.1, 0.15) is 13.2 Å². The van der Waals surface area contributed by atoms with E-state index in [1.54, 1.807) is 30.3 Å². The van der Waals surface area contributed by atoms with Crippen molar-refractivity contribution in [1.82, 2.24) is 5.32 Å². The summed E-state index contributed by atoms with van der Waals surface area (Å²) in [6, 6.07) is 16.7. The quantitative estimate of drug-likeness (QED) is 0.783. The summed E-state index contributed by atoms with van der Waals surface area (Å²) in [5.41, 5.74) is 1.36. The summed E-state index contributed by atoms with van der Waals surface area (Å²) in [5.74, 6) is -1.01. The van der Waals surface area contributed by atoms with Crippen molar-refractivity contribution in [2.45, 2.75) is 19.6 Å². The van der Waals surface area contributed by atoms with E-state index in [0.717, 1.165) is 5.56 Å². The lowest BCUT2D eigenvalue weighted by molar-refractivity contribution is -0.149. The summed E-state index contributed by atoms with van der Waals surface area (Å²) in [7, 11) is 0. The van der Waals surface area contributed by atoms with Crippen LogP contribution in [0.15, 0.2) is 60.7 Å². The Labute approximate surface area is 145 Å². The predicted octanol–water partition coefficient (Wildman–Crippen LogP) is 2.79. The van der Waals surface area contributed by atoms with Gasteiger partial charge < -0.3 is 14.8 Å². The molecule has 130 valence electrons. The van der Waals surface area contributed by atoms with Gasteiger partial charge in [-0.15, -0.1) is 0 Å². The van der Waals surface area contributed by atoms with Crippen molar-refractivity contribution >= 4 is 17.8 Å². The molecule has 6 heteroatoms. The van der Waals surface area contributed by atoms with Gasteiger partial charge in [-0.05, 0) is 18.1 Å². The van der Waals surface area contributed by atoms with Crippen molar-refractivity contribution in [1.29, 1.82) is 0 Å². The Kier molecular flexibility index (Phi) is 6.71. The summed E-state index contributed by atoms with van der Waals surface area (Å²) in [6.07, 6.45) is -0.752. The molecule has 0 fully saturated rings. The molecular formula is C19H19NO5. The predicted molar refractivity (Wildman–Crippen MR) is 90.6 cm³/mol. The largest absolute Gasteiger partial charge is 0.456 e. The highest BCUT2D eigenvalue weighted by atomic mass is 16.6. The van der Waals surface area contributed by atoms with Gasteiger partial charge in [0.15, 0.2) is 11.8 Å². The van der Waals surface area contributed by atoms with Gasteiger partial charge in [-0.3, -0.25) is 4.79 Å². The van der Waals surface area contributed by atoms with E-state index in [9.17, 15) is 14.4 Å². The highest BCUT2D eigenvalue weighted by Gasteiger charge is 2.25. The van der Waals surface area contributed by atoms with Crippen LogP contribution < -0.4 is 5.32 Å². The second-order valence-electron chi connectivity index (χ2n) is 5.36. The summed E-state index contributed by atoms with van der Waals surface area (Å²) in [5, 5.41) is 2.48. The van der Waals surface area contributed by atoms with E-state index in [-0.39, 0.29) is 19.0 Å². The van der Waals surface area contributed by atoms with Gasteiger partial charge in [0, 0.05) is 0 Å². The zero-order chi connectivity index (χ0) is 18.1. The Hall–Kier alpha value is -3.15. The molecule has 0 aromatic heterocycles. The zero-order valence-corrected chi connectivity index (χ0v) is 13.8. The molecule has 0 aliphatic carbocycles. The van der Waals surface area contributed by atoms with Gasteiger partial charge in [-0.1, -0.05) is 60.7 Å². The van der Waals surface area contributed by atoms with Crippen LogP contribution >= 0.6 is 0 Å². The topological polar surface area (TPSA) is 81.7 Å². The number of ketones is 1. The normalized spacial score (nSPS) is 11.2. The fourth-order valence-electron chi connectivity index (χ4n) is 2.06. The van der Waals surface area contributed by atoms with E-state index in [1.165, 1.54) is 6.92 Å². The number of carbonyl (C=O) groups is 3. The van der Waals surface area contributed by atoms with E-state index >= 15 is 0 Å². The Balaban J connectivity index is 2.01. The monoisotopic (exact) mass is 341 g/mol. The Morgan fingerprint density at radius 1 is 0.920 bits per heavy atom. The lowest BCUT2D eigenvalue weighted by Crippen LogP contribution is -2.35. The maximum absolute atomic E-state index is 12.2. The third-order valence-electron chi connectivity index (χ3n) is 3.26. The fraction of sp³-hybridized carbons (Fsp3) is 0.211. The van der Waals surface area contributed by atoms with Crippen LogP contribution in [0.25, 0.3) is 0 Å². The van der Waals surface area contributed by atoms with Crippen LogP contribution in [0.3, 0.4) is 0 Å². The van der Waals surface area contributed by atoms with Crippen molar-refractivity contribution < 1.29 is 23.9 Å². The highest BCUT2D eigenvalue weighted by molar-refractivity contribution is 5.85. The lowest BCUT2D eigenvalue weighted by atomic mass is 10.1. The molecular weight excluding hydrogens is 322 g/mol. The van der Waals surface area contributed by atoms with Crippen LogP contribution in [0.5, 0.6) is 0 Å². The molecule has 2 rings (SSSR count). The van der Waals surface area contributed by atoms with Gasteiger partial charge in [0.2, 0.25) is 0 Å². The first-order chi connectivity index (χ1) is 12.1. The van der Waals surface area contributed by atoms with Gasteiger partial charge >= 0.3 is 12.1 Å². The Morgan fingerprint density at radius 2 is 1.52 bits per heavy atom. The highest BCUT2D eigenvalue weighted by Crippen LogP contribution is 2.15. The van der Waals surface area contributed by atoms with Crippen LogP contribution in [0.4, 0.5) is 4.79 Å². The number of amides is 1. The minimum atomic E-state index is -1.05. The minimum absolute atomic E-state index is 0.0800. The SMILES string of the molecule is CC(=O)COC(=O)[C@H](NC(=O)OCc1ccccc1)c1ccccc1. The Bertz CT molecular complexity index is 715. The van der Waals surface area contributed by atoms with Crippen LogP contribution in [0.1, 0.15) is 24.1 Å². The van der Waals surface area contributed by atoms with Gasteiger partial charge in [-0.2, -0.15) is 0 Å². The number of rotatable bonds is 7. The third-order valence-corrected chi connectivity index (χ3v) is 3.26. The van der Waals surface area contributed by atoms with Crippen LogP contribution in [-0.2, 0) is 25.7 Å². The second-order valence-corrected chi connectivity index (χ2v) is 5.36. The van der Waals surface area contributed by atoms with E-state index in [4.69, 9.17) is 9.47 Å². The molecule has 0 heterocycles. The summed E-state index contributed by atoms with van der Waals surface area (Å²) in [4.78, 5) is 35.2. The number of hydrogen-bond donors (Lipinski definition) is 1. The van der Waals surface area contributed by atoms with Gasteiger partial charge in [0.05, 0.1) is 0 Å². The summed E-state index contributed by atoms with van der Waals surface area (Å²) < 4.78 is 10.1. The molecule has 1 amide bonds. The van der Waals surface area contributed by atoms with E-state index < -0.39 is 18.1 Å². The molecule has 1 atom stereocenters. The number of alkyl carbamates (subject to hydrolysis) is 1. The van der Waals surface area contributed by atoms with Gasteiger partial charge in [0.25, 0.3) is 0 Å². The maximum Gasteiger partial charge on any atom is 0.408 e. The number of hydrogen-bond acceptors (Lipinski definition) is 5. The number of Topliss-reactive ketones (excluding diaryl/α,β-unsaturated/α-hetero) is 1. The first-order valence-corrected chi connectivity index (χ1v) is 7.74. The average Bonchev–Trinajstić information content (AvgIpc) is 2.64. The molecule has 6 nitrogen and oxygen atoms in total. The number of nitrogens with one attached hydrogen (secondary N) is 1. The fourth-order valence-corrected chi connectivity index (χ4v) is 2.06. The minimum Gasteiger partial charge on any atom is -0.456 e.